The van der Waals surface area contributed by atoms with E-state index in [1.807, 2.05) is 0 Å². The molecule has 1 aliphatic carbocycles. The van der Waals surface area contributed by atoms with Crippen LogP contribution < -0.4 is 5.69 Å². The molecule has 6 heteroatoms. The number of fused-ring (bicyclic) bond motifs is 5. The van der Waals surface area contributed by atoms with Crippen LogP contribution in [-0.2, 0) is 12.8 Å². The molecule has 110 valence electrons. The van der Waals surface area contributed by atoms with Crippen molar-refractivity contribution in [2.24, 2.45) is 11.3 Å². The molecule has 3 heterocycles. The van der Waals surface area contributed by atoms with Crippen LogP contribution in [0.1, 0.15) is 37.6 Å². The Labute approximate surface area is 126 Å². The Balaban J connectivity index is 1.94. The molecule has 0 saturated heterocycles. The first-order valence-electron chi connectivity index (χ1n) is 7.31. The Morgan fingerprint density at radius 3 is 3.00 bits per heavy atom. The minimum absolute atomic E-state index is 0.220. The fraction of sp³-hybridized carbons (Fsp3) is 0.533. The molecular formula is C15H18N4OS. The highest BCUT2D eigenvalue weighted by molar-refractivity contribution is 7.19. The summed E-state index contributed by atoms with van der Waals surface area (Å²) in [6.45, 7) is 6.96. The van der Waals surface area contributed by atoms with Crippen LogP contribution >= 0.6 is 11.3 Å². The summed E-state index contributed by atoms with van der Waals surface area (Å²) < 4.78 is 1.51. The molecular weight excluding hydrogens is 284 g/mol. The number of nitrogens with zero attached hydrogens (tertiary/aromatic N) is 3. The number of hydrogen-bond acceptors (Lipinski definition) is 4. The summed E-state index contributed by atoms with van der Waals surface area (Å²) in [5.74, 6) is 0.704. The molecule has 21 heavy (non-hydrogen) atoms. The average Bonchev–Trinajstić information content (AvgIpc) is 2.97. The van der Waals surface area contributed by atoms with Gasteiger partial charge in [-0.05, 0) is 36.2 Å². The van der Waals surface area contributed by atoms with Gasteiger partial charge in [-0.3, -0.25) is 0 Å². The summed E-state index contributed by atoms with van der Waals surface area (Å²) >= 11 is 1.76. The van der Waals surface area contributed by atoms with E-state index in [1.54, 1.807) is 17.7 Å². The molecule has 0 spiro atoms. The zero-order valence-electron chi connectivity index (χ0n) is 12.4. The Morgan fingerprint density at radius 2 is 2.24 bits per heavy atom. The molecule has 0 bridgehead atoms. The predicted molar refractivity (Wildman–Crippen MR) is 84.0 cm³/mol. The van der Waals surface area contributed by atoms with Crippen molar-refractivity contribution in [2.75, 3.05) is 0 Å². The van der Waals surface area contributed by atoms with Gasteiger partial charge in [0.05, 0.1) is 5.39 Å². The van der Waals surface area contributed by atoms with Gasteiger partial charge in [-0.2, -0.15) is 5.10 Å². The van der Waals surface area contributed by atoms with Crippen LogP contribution in [-0.4, -0.2) is 19.6 Å². The van der Waals surface area contributed by atoms with Crippen LogP contribution in [0.25, 0.3) is 15.9 Å². The van der Waals surface area contributed by atoms with Gasteiger partial charge in [0, 0.05) is 4.88 Å². The Bertz CT molecular complexity index is 896. The molecule has 0 radical (unpaired) electrons. The minimum atomic E-state index is -0.220. The zero-order valence-corrected chi connectivity index (χ0v) is 13.3. The van der Waals surface area contributed by atoms with Crippen molar-refractivity contribution in [3.63, 3.8) is 0 Å². The van der Waals surface area contributed by atoms with Gasteiger partial charge in [0.1, 0.15) is 11.2 Å². The maximum atomic E-state index is 11.7. The largest absolute Gasteiger partial charge is 0.348 e. The average molecular weight is 302 g/mol. The number of H-pyrrole nitrogens is 1. The van der Waals surface area contributed by atoms with Gasteiger partial charge in [0.25, 0.3) is 0 Å². The molecule has 1 atom stereocenters. The van der Waals surface area contributed by atoms with E-state index in [4.69, 9.17) is 0 Å². The van der Waals surface area contributed by atoms with Gasteiger partial charge in [0.15, 0.2) is 5.65 Å². The summed E-state index contributed by atoms with van der Waals surface area (Å²) in [6.07, 6.45) is 4.94. The van der Waals surface area contributed by atoms with Crippen molar-refractivity contribution in [1.29, 1.82) is 0 Å². The van der Waals surface area contributed by atoms with E-state index in [0.29, 0.717) is 11.3 Å². The molecule has 3 aromatic rings. The molecule has 0 aliphatic heterocycles. The first-order valence-corrected chi connectivity index (χ1v) is 8.13. The highest BCUT2D eigenvalue weighted by Gasteiger charge is 2.31. The zero-order chi connectivity index (χ0) is 14.8. The van der Waals surface area contributed by atoms with Gasteiger partial charge in [-0.15, -0.1) is 11.3 Å². The lowest BCUT2D eigenvalue weighted by molar-refractivity contribution is 0.218. The standard InChI is InChI=1S/C15H18N4OS/c1-15(2,3)8-4-5-9-10(6-8)21-13-11(9)12-17-18-14(20)19(12)7-16-13/h7-8H,4-6H2,1-3H3,(H,18,20)/t8-/m0/s1. The fourth-order valence-electron chi connectivity index (χ4n) is 3.33. The number of rotatable bonds is 0. The molecule has 0 aromatic carbocycles. The second-order valence-electron chi connectivity index (χ2n) is 6.96. The summed E-state index contributed by atoms with van der Waals surface area (Å²) in [5, 5.41) is 7.78. The molecule has 0 unspecified atom stereocenters. The van der Waals surface area contributed by atoms with E-state index in [0.717, 1.165) is 28.7 Å². The van der Waals surface area contributed by atoms with E-state index in [1.165, 1.54) is 21.3 Å². The lowest BCUT2D eigenvalue weighted by Gasteiger charge is -2.33. The molecule has 4 rings (SSSR count). The SMILES string of the molecule is CC(C)(C)[C@H]1CCc2c(sc3ncn4c(=O)[nH]nc4c23)C1. The van der Waals surface area contributed by atoms with E-state index in [9.17, 15) is 4.79 Å². The van der Waals surface area contributed by atoms with Crippen LogP contribution in [0.4, 0.5) is 0 Å². The van der Waals surface area contributed by atoms with Crippen molar-refractivity contribution in [2.45, 2.75) is 40.0 Å². The molecule has 1 N–H and O–H groups in total. The Kier molecular flexibility index (Phi) is 2.58. The van der Waals surface area contributed by atoms with E-state index in [2.05, 4.69) is 36.0 Å². The fourth-order valence-corrected chi connectivity index (χ4v) is 4.59. The molecule has 5 nitrogen and oxygen atoms in total. The maximum Gasteiger partial charge on any atom is 0.348 e. The van der Waals surface area contributed by atoms with Crippen molar-refractivity contribution in [3.8, 4) is 0 Å². The third-order valence-electron chi connectivity index (χ3n) is 4.69. The maximum absolute atomic E-state index is 11.7. The Hall–Kier alpha value is -1.69. The number of aryl methyl sites for hydroxylation is 1. The third-order valence-corrected chi connectivity index (χ3v) is 5.85. The Morgan fingerprint density at radius 1 is 1.43 bits per heavy atom. The first kappa shape index (κ1) is 13.0. The molecule has 0 fully saturated rings. The van der Waals surface area contributed by atoms with E-state index >= 15 is 0 Å². The second kappa shape index (κ2) is 4.16. The van der Waals surface area contributed by atoms with Crippen molar-refractivity contribution in [1.82, 2.24) is 19.6 Å². The second-order valence-corrected chi connectivity index (χ2v) is 8.04. The number of aromatic amines is 1. The number of nitrogens with one attached hydrogen (secondary N) is 1. The molecule has 0 amide bonds. The van der Waals surface area contributed by atoms with Crippen molar-refractivity contribution >= 4 is 27.2 Å². The smallest absolute Gasteiger partial charge is 0.246 e. The monoisotopic (exact) mass is 302 g/mol. The van der Waals surface area contributed by atoms with Gasteiger partial charge < -0.3 is 0 Å². The van der Waals surface area contributed by atoms with Crippen molar-refractivity contribution < 1.29 is 0 Å². The quantitative estimate of drug-likeness (QED) is 0.694. The summed E-state index contributed by atoms with van der Waals surface area (Å²) in [5.41, 5.74) is 2.19. The van der Waals surface area contributed by atoms with Crippen LogP contribution in [0.2, 0.25) is 0 Å². The highest BCUT2D eigenvalue weighted by atomic mass is 32.1. The predicted octanol–water partition coefficient (Wildman–Crippen LogP) is 2.78. The topological polar surface area (TPSA) is 63.1 Å². The molecule has 3 aromatic heterocycles. The normalized spacial score (nSPS) is 19.3. The van der Waals surface area contributed by atoms with Gasteiger partial charge >= 0.3 is 5.69 Å². The first-order chi connectivity index (χ1) is 9.95. The highest BCUT2D eigenvalue weighted by Crippen LogP contribution is 2.43. The van der Waals surface area contributed by atoms with E-state index < -0.39 is 0 Å². The van der Waals surface area contributed by atoms with Crippen LogP contribution in [0.5, 0.6) is 0 Å². The van der Waals surface area contributed by atoms with Gasteiger partial charge in [-0.25, -0.2) is 19.3 Å². The molecule has 0 saturated carbocycles. The summed E-state index contributed by atoms with van der Waals surface area (Å²) in [6, 6.07) is 0. The number of thiophene rings is 1. The number of hydrogen-bond donors (Lipinski definition) is 1. The minimum Gasteiger partial charge on any atom is -0.246 e. The third kappa shape index (κ3) is 1.85. The molecule has 1 aliphatic rings. The van der Waals surface area contributed by atoms with Crippen LogP contribution in [0.3, 0.4) is 0 Å². The van der Waals surface area contributed by atoms with Crippen LogP contribution in [0.15, 0.2) is 11.1 Å². The lowest BCUT2D eigenvalue weighted by atomic mass is 9.72. The summed E-state index contributed by atoms with van der Waals surface area (Å²) in [7, 11) is 0. The van der Waals surface area contributed by atoms with Gasteiger partial charge in [-0.1, -0.05) is 20.8 Å². The van der Waals surface area contributed by atoms with Crippen LogP contribution in [0, 0.1) is 11.3 Å². The summed E-state index contributed by atoms with van der Waals surface area (Å²) in [4.78, 5) is 18.6. The van der Waals surface area contributed by atoms with Gasteiger partial charge in [0.2, 0.25) is 0 Å². The van der Waals surface area contributed by atoms with E-state index in [-0.39, 0.29) is 5.69 Å². The lowest BCUT2D eigenvalue weighted by Crippen LogP contribution is -2.26. The van der Waals surface area contributed by atoms with Crippen molar-refractivity contribution in [3.05, 3.63) is 27.3 Å². The number of aromatic nitrogens is 4.